The number of nitrogens with one attached hydrogen (secondary N) is 1. The number of para-hydroxylation sites is 1. The van der Waals surface area contributed by atoms with Gasteiger partial charge in [0.05, 0.1) is 5.71 Å². The van der Waals surface area contributed by atoms with Gasteiger partial charge in [0, 0.05) is 5.56 Å². The molecule has 0 atom stereocenters. The fourth-order valence-corrected chi connectivity index (χ4v) is 1.77. The van der Waals surface area contributed by atoms with Crippen LogP contribution in [0.2, 0.25) is 0 Å². The number of hydrogen-bond donors (Lipinski definition) is 2. The summed E-state index contributed by atoms with van der Waals surface area (Å²) in [6, 6.07) is 10.6. The maximum atomic E-state index is 9.75. The van der Waals surface area contributed by atoms with Crippen molar-refractivity contribution in [2.75, 3.05) is 5.43 Å². The van der Waals surface area contributed by atoms with Crippen LogP contribution in [0.15, 0.2) is 47.8 Å². The van der Waals surface area contributed by atoms with Crippen LogP contribution >= 0.6 is 0 Å². The molecule has 3 aromatic rings. The summed E-state index contributed by atoms with van der Waals surface area (Å²) in [6.45, 7) is 1.80. The lowest BCUT2D eigenvalue weighted by molar-refractivity contribution is 0.474. The summed E-state index contributed by atoms with van der Waals surface area (Å²) in [7, 11) is 0. The zero-order chi connectivity index (χ0) is 13.9. The van der Waals surface area contributed by atoms with E-state index in [0.717, 1.165) is 0 Å². The Bertz CT molecular complexity index is 779. The van der Waals surface area contributed by atoms with Crippen molar-refractivity contribution in [2.45, 2.75) is 6.92 Å². The molecule has 0 amide bonds. The third-order valence-corrected chi connectivity index (χ3v) is 2.79. The number of aromatic nitrogens is 4. The van der Waals surface area contributed by atoms with Gasteiger partial charge in [-0.15, -0.1) is 15.3 Å². The summed E-state index contributed by atoms with van der Waals surface area (Å²) < 4.78 is 1.55. The molecule has 0 saturated carbocycles. The van der Waals surface area contributed by atoms with Crippen molar-refractivity contribution in [2.24, 2.45) is 5.10 Å². The number of benzene rings is 1. The van der Waals surface area contributed by atoms with Crippen molar-refractivity contribution in [3.8, 4) is 5.75 Å². The number of anilines is 1. The molecule has 100 valence electrons. The summed E-state index contributed by atoms with van der Waals surface area (Å²) in [5.41, 5.74) is 4.84. The summed E-state index contributed by atoms with van der Waals surface area (Å²) in [5.74, 6) is 0.754. The van der Waals surface area contributed by atoms with E-state index in [1.807, 2.05) is 6.07 Å². The molecule has 0 radical (unpaired) electrons. The Morgan fingerprint density at radius 1 is 1.25 bits per heavy atom. The fourth-order valence-electron chi connectivity index (χ4n) is 1.77. The molecular formula is C13H12N6O. The van der Waals surface area contributed by atoms with Gasteiger partial charge in [0.15, 0.2) is 11.5 Å². The second-order valence-electron chi connectivity index (χ2n) is 4.18. The van der Waals surface area contributed by atoms with Crippen LogP contribution < -0.4 is 5.43 Å². The Kier molecular flexibility index (Phi) is 3.00. The van der Waals surface area contributed by atoms with Gasteiger partial charge < -0.3 is 5.11 Å². The Morgan fingerprint density at radius 2 is 2.10 bits per heavy atom. The van der Waals surface area contributed by atoms with E-state index in [4.69, 9.17) is 0 Å². The Hall–Kier alpha value is -2.96. The molecule has 1 aromatic carbocycles. The SMILES string of the molecule is CC(=NNc1ccc2nncn2n1)c1ccccc1O. The highest BCUT2D eigenvalue weighted by atomic mass is 16.3. The topological polar surface area (TPSA) is 87.7 Å². The number of hydrogen-bond acceptors (Lipinski definition) is 6. The Morgan fingerprint density at radius 3 is 2.95 bits per heavy atom. The third-order valence-electron chi connectivity index (χ3n) is 2.79. The molecule has 0 bridgehead atoms. The summed E-state index contributed by atoms with van der Waals surface area (Å²) >= 11 is 0. The lowest BCUT2D eigenvalue weighted by Crippen LogP contribution is -2.02. The molecule has 0 unspecified atom stereocenters. The quantitative estimate of drug-likeness (QED) is 0.557. The first kappa shape index (κ1) is 12.1. The van der Waals surface area contributed by atoms with Gasteiger partial charge in [0.1, 0.15) is 12.1 Å². The van der Waals surface area contributed by atoms with Crippen molar-refractivity contribution in [1.29, 1.82) is 0 Å². The number of rotatable bonds is 3. The number of nitrogens with zero attached hydrogens (tertiary/aromatic N) is 5. The smallest absolute Gasteiger partial charge is 0.177 e. The second kappa shape index (κ2) is 4.96. The predicted molar refractivity (Wildman–Crippen MR) is 74.7 cm³/mol. The Balaban J connectivity index is 1.84. The summed E-state index contributed by atoms with van der Waals surface area (Å²) in [5, 5.41) is 25.8. The molecule has 7 heteroatoms. The average Bonchev–Trinajstić information content (AvgIpc) is 2.92. The van der Waals surface area contributed by atoms with Crippen LogP contribution in [0.5, 0.6) is 5.75 Å². The van der Waals surface area contributed by atoms with E-state index in [2.05, 4.69) is 25.8 Å². The van der Waals surface area contributed by atoms with E-state index in [9.17, 15) is 5.11 Å². The van der Waals surface area contributed by atoms with Crippen LogP contribution in [0.25, 0.3) is 5.65 Å². The van der Waals surface area contributed by atoms with E-state index in [0.29, 0.717) is 22.7 Å². The van der Waals surface area contributed by atoms with Crippen molar-refractivity contribution in [1.82, 2.24) is 19.8 Å². The highest BCUT2D eigenvalue weighted by molar-refractivity contribution is 6.01. The molecule has 2 N–H and O–H groups in total. The van der Waals surface area contributed by atoms with Gasteiger partial charge in [-0.05, 0) is 31.2 Å². The first-order valence-corrected chi connectivity index (χ1v) is 6.00. The normalized spacial score (nSPS) is 11.8. The fraction of sp³-hybridized carbons (Fsp3) is 0.0769. The van der Waals surface area contributed by atoms with E-state index >= 15 is 0 Å². The van der Waals surface area contributed by atoms with Crippen LogP contribution in [0, 0.1) is 0 Å². The molecule has 0 fully saturated rings. The first-order valence-electron chi connectivity index (χ1n) is 6.00. The molecule has 2 heterocycles. The molecule has 0 aliphatic carbocycles. The average molecular weight is 268 g/mol. The second-order valence-corrected chi connectivity index (χ2v) is 4.18. The molecule has 0 aliphatic rings. The minimum absolute atomic E-state index is 0.192. The van der Waals surface area contributed by atoms with Gasteiger partial charge >= 0.3 is 0 Å². The molecule has 0 aliphatic heterocycles. The predicted octanol–water partition coefficient (Wildman–Crippen LogP) is 1.67. The lowest BCUT2D eigenvalue weighted by atomic mass is 10.1. The molecule has 0 spiro atoms. The van der Waals surface area contributed by atoms with Crippen LogP contribution in [-0.2, 0) is 0 Å². The molecule has 3 rings (SSSR count). The highest BCUT2D eigenvalue weighted by Crippen LogP contribution is 2.16. The van der Waals surface area contributed by atoms with Crippen molar-refractivity contribution in [3.63, 3.8) is 0 Å². The monoisotopic (exact) mass is 268 g/mol. The molecule has 7 nitrogen and oxygen atoms in total. The maximum absolute atomic E-state index is 9.75. The standard InChI is InChI=1S/C13H12N6O/c1-9(10-4-2-3-5-11(10)20)15-16-12-6-7-13-17-14-8-19(13)18-12/h2-8,20H,1H3,(H,16,18). The maximum Gasteiger partial charge on any atom is 0.177 e. The van der Waals surface area contributed by atoms with E-state index in [-0.39, 0.29) is 5.75 Å². The number of phenolic OH excluding ortho intramolecular Hbond substituents is 1. The van der Waals surface area contributed by atoms with Crippen molar-refractivity contribution < 1.29 is 5.11 Å². The minimum atomic E-state index is 0.192. The van der Waals surface area contributed by atoms with E-state index < -0.39 is 0 Å². The summed E-state index contributed by atoms with van der Waals surface area (Å²) in [4.78, 5) is 0. The highest BCUT2D eigenvalue weighted by Gasteiger charge is 2.03. The number of fused-ring (bicyclic) bond motifs is 1. The molecule has 20 heavy (non-hydrogen) atoms. The van der Waals surface area contributed by atoms with Gasteiger partial charge in [-0.1, -0.05) is 12.1 Å². The zero-order valence-corrected chi connectivity index (χ0v) is 10.7. The van der Waals surface area contributed by atoms with Crippen LogP contribution in [0.1, 0.15) is 12.5 Å². The Labute approximate surface area is 114 Å². The lowest BCUT2D eigenvalue weighted by Gasteiger charge is -2.04. The van der Waals surface area contributed by atoms with Gasteiger partial charge in [0.25, 0.3) is 0 Å². The largest absolute Gasteiger partial charge is 0.507 e. The number of aromatic hydroxyl groups is 1. The first-order chi connectivity index (χ1) is 9.74. The molecule has 2 aromatic heterocycles. The van der Waals surface area contributed by atoms with E-state index in [1.54, 1.807) is 41.8 Å². The van der Waals surface area contributed by atoms with Crippen molar-refractivity contribution >= 4 is 17.2 Å². The van der Waals surface area contributed by atoms with Gasteiger partial charge in [-0.2, -0.15) is 9.62 Å². The van der Waals surface area contributed by atoms with Crippen LogP contribution in [0.3, 0.4) is 0 Å². The van der Waals surface area contributed by atoms with Crippen LogP contribution in [-0.4, -0.2) is 30.6 Å². The summed E-state index contributed by atoms with van der Waals surface area (Å²) in [6.07, 6.45) is 1.51. The minimum Gasteiger partial charge on any atom is -0.507 e. The zero-order valence-electron chi connectivity index (χ0n) is 10.7. The van der Waals surface area contributed by atoms with Gasteiger partial charge in [0.2, 0.25) is 0 Å². The number of phenols is 1. The molecular weight excluding hydrogens is 256 g/mol. The van der Waals surface area contributed by atoms with Gasteiger partial charge in [-0.25, -0.2) is 0 Å². The molecule has 0 saturated heterocycles. The van der Waals surface area contributed by atoms with E-state index in [1.165, 1.54) is 6.33 Å². The third kappa shape index (κ3) is 2.28. The van der Waals surface area contributed by atoms with Crippen molar-refractivity contribution in [3.05, 3.63) is 48.3 Å². The van der Waals surface area contributed by atoms with Gasteiger partial charge in [-0.3, -0.25) is 5.43 Å². The van der Waals surface area contributed by atoms with Crippen LogP contribution in [0.4, 0.5) is 5.82 Å². The number of hydrazone groups is 1.